The number of hydrogen-bond acceptors (Lipinski definition) is 6. The Bertz CT molecular complexity index is 1300. The average molecular weight is 509 g/mol. The molecule has 0 bridgehead atoms. The summed E-state index contributed by atoms with van der Waals surface area (Å²) in [6.45, 7) is 4.09. The molecule has 3 aromatic rings. The van der Waals surface area contributed by atoms with Crippen molar-refractivity contribution >= 4 is 35.3 Å². The van der Waals surface area contributed by atoms with Crippen molar-refractivity contribution in [1.29, 1.82) is 0 Å². The Morgan fingerprint density at radius 2 is 1.92 bits per heavy atom. The first kappa shape index (κ1) is 25.0. The zero-order valence-corrected chi connectivity index (χ0v) is 20.5. The van der Waals surface area contributed by atoms with Gasteiger partial charge in [0, 0.05) is 18.1 Å². The van der Waals surface area contributed by atoms with Gasteiger partial charge in [0.05, 0.1) is 17.7 Å². The number of carbonyl (C=O) groups excluding carboxylic acids is 2. The average Bonchev–Trinajstić information content (AvgIpc) is 2.85. The molecule has 1 saturated heterocycles. The maximum atomic E-state index is 13.1. The van der Waals surface area contributed by atoms with Gasteiger partial charge >= 0.3 is 12.0 Å². The van der Waals surface area contributed by atoms with Gasteiger partial charge in [0.1, 0.15) is 23.5 Å². The highest BCUT2D eigenvalue weighted by Gasteiger charge is 2.38. The van der Waals surface area contributed by atoms with Gasteiger partial charge in [-0.2, -0.15) is 0 Å². The normalized spacial score (nSPS) is 15.7. The number of nitrogens with one attached hydrogen (secondary N) is 1. The Balaban J connectivity index is 1.54. The second kappa shape index (κ2) is 10.7. The van der Waals surface area contributed by atoms with Gasteiger partial charge in [-0.25, -0.2) is 14.6 Å². The Labute approximate surface area is 213 Å². The predicted molar refractivity (Wildman–Crippen MR) is 134 cm³/mol. The van der Waals surface area contributed by atoms with E-state index in [0.717, 1.165) is 5.56 Å². The van der Waals surface area contributed by atoms with Crippen LogP contribution in [0.25, 0.3) is 0 Å². The Kier molecular flexibility index (Phi) is 7.40. The minimum Gasteiger partial charge on any atom is -0.478 e. The summed E-state index contributed by atoms with van der Waals surface area (Å²) in [5, 5.41) is 13.0. The van der Waals surface area contributed by atoms with Gasteiger partial charge in [-0.3, -0.25) is 14.6 Å². The van der Waals surface area contributed by atoms with Crippen molar-refractivity contribution in [2.24, 2.45) is 0 Å². The molecule has 0 aliphatic carbocycles. The molecule has 2 heterocycles. The van der Waals surface area contributed by atoms with Crippen LogP contribution in [0.4, 0.5) is 10.6 Å². The zero-order chi connectivity index (χ0) is 25.8. The number of pyridine rings is 1. The molecule has 1 fully saturated rings. The van der Waals surface area contributed by atoms with E-state index in [1.807, 2.05) is 12.1 Å². The highest BCUT2D eigenvalue weighted by atomic mass is 35.5. The molecule has 1 aromatic heterocycles. The molecule has 10 heteroatoms. The zero-order valence-electron chi connectivity index (χ0n) is 19.8. The third-order valence-corrected chi connectivity index (χ3v) is 6.02. The number of hydrogen-bond donors (Lipinski definition) is 2. The van der Waals surface area contributed by atoms with E-state index in [9.17, 15) is 19.5 Å². The van der Waals surface area contributed by atoms with Crippen molar-refractivity contribution in [2.45, 2.75) is 33.0 Å². The van der Waals surface area contributed by atoms with E-state index in [4.69, 9.17) is 16.3 Å². The van der Waals surface area contributed by atoms with E-state index in [0.29, 0.717) is 28.0 Å². The van der Waals surface area contributed by atoms with Crippen LogP contribution in [0, 0.1) is 6.92 Å². The quantitative estimate of drug-likeness (QED) is 0.433. The number of aromatic nitrogens is 1. The molecule has 0 spiro atoms. The number of carboxylic acids is 1. The SMILES string of the molecule is CCN1C(=O)CC(Nc2ccc(Oc3cccc(C(=O)O)c3)c(C)n2)N(Cc2ccc(Cl)cc2)C1=O. The number of benzene rings is 2. The van der Waals surface area contributed by atoms with Crippen LogP contribution in [0.15, 0.2) is 60.7 Å². The third-order valence-electron chi connectivity index (χ3n) is 5.76. The lowest BCUT2D eigenvalue weighted by Crippen LogP contribution is -2.58. The molecule has 2 aromatic carbocycles. The Morgan fingerprint density at radius 1 is 1.17 bits per heavy atom. The molecular weight excluding hydrogens is 484 g/mol. The maximum Gasteiger partial charge on any atom is 0.335 e. The van der Waals surface area contributed by atoms with Crippen molar-refractivity contribution in [2.75, 3.05) is 11.9 Å². The number of anilines is 1. The second-order valence-corrected chi connectivity index (χ2v) is 8.69. The standard InChI is InChI=1S/C26H25ClN4O5/c1-3-30-24(32)14-23(31(26(30)35)15-17-7-9-19(27)10-8-17)29-22-12-11-21(16(2)28-22)36-20-6-4-5-18(13-20)25(33)34/h4-13,23H,3,14-15H2,1-2H3,(H,28,29)(H,33,34). The molecule has 186 valence electrons. The molecule has 1 unspecified atom stereocenters. The molecule has 2 N–H and O–H groups in total. The molecule has 9 nitrogen and oxygen atoms in total. The van der Waals surface area contributed by atoms with Gasteiger partial charge in [-0.15, -0.1) is 0 Å². The number of amides is 3. The summed E-state index contributed by atoms with van der Waals surface area (Å²) in [7, 11) is 0. The molecule has 4 rings (SSSR count). The lowest BCUT2D eigenvalue weighted by Gasteiger charge is -2.40. The van der Waals surface area contributed by atoms with Crippen LogP contribution in [0.3, 0.4) is 0 Å². The largest absolute Gasteiger partial charge is 0.478 e. The monoisotopic (exact) mass is 508 g/mol. The van der Waals surface area contributed by atoms with E-state index < -0.39 is 12.1 Å². The number of nitrogens with zero attached hydrogens (tertiary/aromatic N) is 3. The number of rotatable bonds is 8. The third kappa shape index (κ3) is 5.58. The van der Waals surface area contributed by atoms with Crippen molar-refractivity contribution in [3.63, 3.8) is 0 Å². The molecule has 0 saturated carbocycles. The van der Waals surface area contributed by atoms with Gasteiger partial charge in [0.2, 0.25) is 5.91 Å². The fraction of sp³-hybridized carbons (Fsp3) is 0.231. The van der Waals surface area contributed by atoms with Gasteiger partial charge in [0.15, 0.2) is 0 Å². The molecule has 1 atom stereocenters. The van der Waals surface area contributed by atoms with Crippen LogP contribution in [0.2, 0.25) is 5.02 Å². The van der Waals surface area contributed by atoms with Gasteiger partial charge in [-0.05, 0) is 61.9 Å². The fourth-order valence-corrected chi connectivity index (χ4v) is 4.04. The Morgan fingerprint density at radius 3 is 2.58 bits per heavy atom. The van der Waals surface area contributed by atoms with Crippen LogP contribution in [0.5, 0.6) is 11.5 Å². The van der Waals surface area contributed by atoms with Gasteiger partial charge in [-0.1, -0.05) is 29.8 Å². The van der Waals surface area contributed by atoms with Crippen LogP contribution in [-0.4, -0.2) is 50.5 Å². The molecule has 0 radical (unpaired) electrons. The molecule has 1 aliphatic heterocycles. The summed E-state index contributed by atoms with van der Waals surface area (Å²) in [6, 6.07) is 16.4. The first-order valence-electron chi connectivity index (χ1n) is 11.4. The predicted octanol–water partition coefficient (Wildman–Crippen LogP) is 5.15. The van der Waals surface area contributed by atoms with Crippen LogP contribution in [0.1, 0.15) is 35.0 Å². The Hall–Kier alpha value is -4.11. The topological polar surface area (TPSA) is 112 Å². The molecule has 3 amide bonds. The fourth-order valence-electron chi connectivity index (χ4n) is 3.91. The highest BCUT2D eigenvalue weighted by molar-refractivity contribution is 6.30. The number of halogens is 1. The number of ether oxygens (including phenoxy) is 1. The van der Waals surface area contributed by atoms with Gasteiger partial charge in [0.25, 0.3) is 0 Å². The second-order valence-electron chi connectivity index (χ2n) is 8.25. The van der Waals surface area contributed by atoms with Crippen molar-refractivity contribution in [1.82, 2.24) is 14.8 Å². The summed E-state index contributed by atoms with van der Waals surface area (Å²) < 4.78 is 5.83. The lowest BCUT2D eigenvalue weighted by molar-refractivity contribution is -0.132. The smallest absolute Gasteiger partial charge is 0.335 e. The van der Waals surface area contributed by atoms with Crippen LogP contribution >= 0.6 is 11.6 Å². The summed E-state index contributed by atoms with van der Waals surface area (Å²) in [5.74, 6) is -0.0128. The van der Waals surface area contributed by atoms with Crippen molar-refractivity contribution < 1.29 is 24.2 Å². The lowest BCUT2D eigenvalue weighted by atomic mass is 10.1. The van der Waals surface area contributed by atoms with Crippen molar-refractivity contribution in [3.05, 3.63) is 82.5 Å². The summed E-state index contributed by atoms with van der Waals surface area (Å²) >= 11 is 5.99. The first-order chi connectivity index (χ1) is 17.2. The number of urea groups is 1. The molecule has 36 heavy (non-hydrogen) atoms. The number of aromatic carboxylic acids is 1. The van der Waals surface area contributed by atoms with E-state index in [2.05, 4.69) is 10.3 Å². The van der Waals surface area contributed by atoms with E-state index in [1.165, 1.54) is 17.0 Å². The van der Waals surface area contributed by atoms with E-state index in [-0.39, 0.29) is 37.0 Å². The highest BCUT2D eigenvalue weighted by Crippen LogP contribution is 2.28. The first-order valence-corrected chi connectivity index (χ1v) is 11.7. The number of aryl methyl sites for hydroxylation is 1. The van der Waals surface area contributed by atoms with Crippen molar-refractivity contribution in [3.8, 4) is 11.5 Å². The van der Waals surface area contributed by atoms with Gasteiger partial charge < -0.3 is 15.2 Å². The van der Waals surface area contributed by atoms with Crippen LogP contribution in [-0.2, 0) is 11.3 Å². The molecule has 1 aliphatic rings. The number of carboxylic acid groups (broad SMARTS) is 1. The minimum atomic E-state index is -1.05. The molecular formula is C26H25ClN4O5. The summed E-state index contributed by atoms with van der Waals surface area (Å²) in [6.07, 6.45) is -0.511. The minimum absolute atomic E-state index is 0.0914. The van der Waals surface area contributed by atoms with E-state index >= 15 is 0 Å². The van der Waals surface area contributed by atoms with E-state index in [1.54, 1.807) is 55.1 Å². The summed E-state index contributed by atoms with van der Waals surface area (Å²) in [5.41, 5.74) is 1.54. The number of imide groups is 1. The maximum absolute atomic E-state index is 13.1. The van der Waals surface area contributed by atoms with Crippen LogP contribution < -0.4 is 10.1 Å². The number of carbonyl (C=O) groups is 3. The summed E-state index contributed by atoms with van der Waals surface area (Å²) in [4.78, 5) is 44.3.